The molecule has 0 heterocycles. The maximum absolute atomic E-state index is 12.9. The normalized spacial score (nSPS) is 13.1. The molecule has 90 valence electrons. The summed E-state index contributed by atoms with van der Waals surface area (Å²) in [6.45, 7) is 3.81. The molecule has 0 spiro atoms. The van der Waals surface area contributed by atoms with Crippen molar-refractivity contribution >= 4 is 0 Å². The van der Waals surface area contributed by atoms with E-state index in [4.69, 9.17) is 5.73 Å². The molecule has 0 aliphatic heterocycles. The van der Waals surface area contributed by atoms with E-state index in [2.05, 4.69) is 4.90 Å². The highest BCUT2D eigenvalue weighted by atomic mass is 19.1. The van der Waals surface area contributed by atoms with E-state index in [0.717, 1.165) is 31.5 Å². The van der Waals surface area contributed by atoms with Crippen molar-refractivity contribution in [3.63, 3.8) is 0 Å². The van der Waals surface area contributed by atoms with Crippen molar-refractivity contribution in [1.82, 2.24) is 4.90 Å². The van der Waals surface area contributed by atoms with Gasteiger partial charge in [0.05, 0.1) is 0 Å². The van der Waals surface area contributed by atoms with Crippen LogP contribution in [0.2, 0.25) is 0 Å². The summed E-state index contributed by atoms with van der Waals surface area (Å²) in [4.78, 5) is 2.19. The van der Waals surface area contributed by atoms with Gasteiger partial charge in [-0.05, 0) is 51.1 Å². The Kier molecular flexibility index (Phi) is 5.43. The van der Waals surface area contributed by atoms with Crippen LogP contribution in [0.1, 0.15) is 25.3 Å². The molecule has 0 saturated carbocycles. The van der Waals surface area contributed by atoms with Gasteiger partial charge < -0.3 is 10.6 Å². The molecule has 2 N–H and O–H groups in total. The van der Waals surface area contributed by atoms with Gasteiger partial charge in [-0.3, -0.25) is 0 Å². The molecule has 16 heavy (non-hydrogen) atoms. The smallest absolute Gasteiger partial charge is 0.123 e. The van der Waals surface area contributed by atoms with Gasteiger partial charge in [0.1, 0.15) is 5.82 Å². The highest BCUT2D eigenvalue weighted by Gasteiger charge is 2.02. The number of rotatable bonds is 6. The fourth-order valence-corrected chi connectivity index (χ4v) is 1.71. The van der Waals surface area contributed by atoms with Gasteiger partial charge in [-0.25, -0.2) is 4.39 Å². The summed E-state index contributed by atoms with van der Waals surface area (Å²) in [5.41, 5.74) is 6.70. The number of nitrogens with zero attached hydrogens (tertiary/aromatic N) is 1. The number of nitrogens with two attached hydrogens (primary N) is 1. The van der Waals surface area contributed by atoms with Gasteiger partial charge in [0.25, 0.3) is 0 Å². The summed E-state index contributed by atoms with van der Waals surface area (Å²) in [5, 5.41) is 0. The molecule has 0 aliphatic rings. The Morgan fingerprint density at radius 2 is 2.19 bits per heavy atom. The Labute approximate surface area is 97.3 Å². The van der Waals surface area contributed by atoms with Crippen molar-refractivity contribution in [3.8, 4) is 0 Å². The molecule has 3 heteroatoms. The van der Waals surface area contributed by atoms with E-state index in [1.165, 1.54) is 6.07 Å². The molecular formula is C13H21FN2. The minimum absolute atomic E-state index is 0.165. The second kappa shape index (κ2) is 6.61. The summed E-state index contributed by atoms with van der Waals surface area (Å²) in [6, 6.07) is 7.02. The first-order valence-electron chi connectivity index (χ1n) is 5.76. The zero-order valence-corrected chi connectivity index (χ0v) is 10.1. The number of hydrogen-bond acceptors (Lipinski definition) is 2. The largest absolute Gasteiger partial charge is 0.328 e. The van der Waals surface area contributed by atoms with E-state index in [9.17, 15) is 4.39 Å². The molecule has 0 aromatic heterocycles. The molecule has 2 nitrogen and oxygen atoms in total. The lowest BCUT2D eigenvalue weighted by atomic mass is 10.1. The Hall–Kier alpha value is -0.930. The topological polar surface area (TPSA) is 29.3 Å². The lowest BCUT2D eigenvalue weighted by molar-refractivity contribution is 0.314. The molecule has 0 radical (unpaired) electrons. The molecule has 1 unspecified atom stereocenters. The Morgan fingerprint density at radius 1 is 1.44 bits per heavy atom. The summed E-state index contributed by atoms with van der Waals surface area (Å²) >= 11 is 0. The van der Waals surface area contributed by atoms with Gasteiger partial charge in [-0.15, -0.1) is 0 Å². The van der Waals surface area contributed by atoms with E-state index in [1.807, 2.05) is 20.0 Å². The zero-order chi connectivity index (χ0) is 12.0. The second-order valence-electron chi connectivity index (χ2n) is 4.49. The summed E-state index contributed by atoms with van der Waals surface area (Å²) in [7, 11) is 2.05. The lowest BCUT2D eigenvalue weighted by Gasteiger charge is -2.17. The number of halogens is 1. The van der Waals surface area contributed by atoms with Crippen LogP contribution in [0.15, 0.2) is 24.3 Å². The summed E-state index contributed by atoms with van der Waals surface area (Å²) in [6.07, 6.45) is 2.12. The summed E-state index contributed by atoms with van der Waals surface area (Å²) in [5.74, 6) is -0.165. The molecule has 0 bridgehead atoms. The third-order valence-corrected chi connectivity index (χ3v) is 2.54. The number of benzene rings is 1. The fourth-order valence-electron chi connectivity index (χ4n) is 1.71. The highest BCUT2D eigenvalue weighted by Crippen LogP contribution is 2.07. The third-order valence-electron chi connectivity index (χ3n) is 2.54. The van der Waals surface area contributed by atoms with Crippen molar-refractivity contribution < 1.29 is 4.39 Å². The van der Waals surface area contributed by atoms with Crippen LogP contribution in [0.3, 0.4) is 0 Å². The molecule has 0 saturated heterocycles. The maximum atomic E-state index is 12.9. The van der Waals surface area contributed by atoms with Crippen molar-refractivity contribution in [2.75, 3.05) is 13.6 Å². The standard InChI is InChI=1S/C13H21FN2/c1-11(15)5-4-8-16(2)10-12-6-3-7-13(14)9-12/h3,6-7,9,11H,4-5,8,10,15H2,1-2H3. The predicted molar refractivity (Wildman–Crippen MR) is 65.6 cm³/mol. The van der Waals surface area contributed by atoms with Crippen molar-refractivity contribution in [2.24, 2.45) is 5.73 Å². The Balaban J connectivity index is 2.31. The molecule has 0 aliphatic carbocycles. The van der Waals surface area contributed by atoms with E-state index in [1.54, 1.807) is 12.1 Å². The zero-order valence-electron chi connectivity index (χ0n) is 10.1. The van der Waals surface area contributed by atoms with Crippen LogP contribution < -0.4 is 5.73 Å². The van der Waals surface area contributed by atoms with E-state index < -0.39 is 0 Å². The highest BCUT2D eigenvalue weighted by molar-refractivity contribution is 5.15. The first-order chi connectivity index (χ1) is 7.58. The molecule has 0 amide bonds. The monoisotopic (exact) mass is 224 g/mol. The first kappa shape index (κ1) is 13.1. The molecule has 1 rings (SSSR count). The van der Waals surface area contributed by atoms with E-state index >= 15 is 0 Å². The fraction of sp³-hybridized carbons (Fsp3) is 0.538. The molecule has 1 atom stereocenters. The molecule has 0 fully saturated rings. The summed E-state index contributed by atoms with van der Waals surface area (Å²) < 4.78 is 12.9. The van der Waals surface area contributed by atoms with Gasteiger partial charge in [-0.1, -0.05) is 12.1 Å². The van der Waals surface area contributed by atoms with Crippen molar-refractivity contribution in [3.05, 3.63) is 35.6 Å². The van der Waals surface area contributed by atoms with Crippen LogP contribution in [-0.4, -0.2) is 24.5 Å². The molecular weight excluding hydrogens is 203 g/mol. The maximum Gasteiger partial charge on any atom is 0.123 e. The van der Waals surface area contributed by atoms with Gasteiger partial charge in [0.15, 0.2) is 0 Å². The van der Waals surface area contributed by atoms with Gasteiger partial charge in [-0.2, -0.15) is 0 Å². The van der Waals surface area contributed by atoms with Crippen LogP contribution in [0.25, 0.3) is 0 Å². The second-order valence-corrected chi connectivity index (χ2v) is 4.49. The quantitative estimate of drug-likeness (QED) is 0.804. The molecule has 1 aromatic rings. The van der Waals surface area contributed by atoms with Crippen LogP contribution in [-0.2, 0) is 6.54 Å². The lowest BCUT2D eigenvalue weighted by Crippen LogP contribution is -2.22. The van der Waals surface area contributed by atoms with Crippen molar-refractivity contribution in [2.45, 2.75) is 32.4 Å². The minimum Gasteiger partial charge on any atom is -0.328 e. The minimum atomic E-state index is -0.165. The first-order valence-corrected chi connectivity index (χ1v) is 5.76. The Bertz CT molecular complexity index is 313. The average Bonchev–Trinajstić information content (AvgIpc) is 2.16. The van der Waals surface area contributed by atoms with E-state index in [0.29, 0.717) is 0 Å². The third kappa shape index (κ3) is 5.24. The Morgan fingerprint density at radius 3 is 2.81 bits per heavy atom. The van der Waals surface area contributed by atoms with Crippen LogP contribution in [0.5, 0.6) is 0 Å². The van der Waals surface area contributed by atoms with Gasteiger partial charge in [0.2, 0.25) is 0 Å². The SMILES string of the molecule is CC(N)CCCN(C)Cc1cccc(F)c1. The van der Waals surface area contributed by atoms with Gasteiger partial charge in [0, 0.05) is 12.6 Å². The van der Waals surface area contributed by atoms with Crippen LogP contribution in [0, 0.1) is 5.82 Å². The molecule has 1 aromatic carbocycles. The van der Waals surface area contributed by atoms with E-state index in [-0.39, 0.29) is 11.9 Å². The van der Waals surface area contributed by atoms with Crippen LogP contribution >= 0.6 is 0 Å². The van der Waals surface area contributed by atoms with Crippen LogP contribution in [0.4, 0.5) is 4.39 Å². The average molecular weight is 224 g/mol. The number of hydrogen-bond donors (Lipinski definition) is 1. The van der Waals surface area contributed by atoms with Crippen molar-refractivity contribution in [1.29, 1.82) is 0 Å². The van der Waals surface area contributed by atoms with Gasteiger partial charge >= 0.3 is 0 Å². The predicted octanol–water partition coefficient (Wildman–Crippen LogP) is 2.38.